The maximum absolute atomic E-state index is 2.38. The first-order chi connectivity index (χ1) is 16.2. The van der Waals surface area contributed by atoms with E-state index in [-0.39, 0.29) is 0 Å². The van der Waals surface area contributed by atoms with Gasteiger partial charge in [-0.15, -0.1) is 0 Å². The van der Waals surface area contributed by atoms with Crippen LogP contribution >= 0.6 is 0 Å². The van der Waals surface area contributed by atoms with Crippen molar-refractivity contribution in [3.63, 3.8) is 0 Å². The Balaban J connectivity index is 0.000000162. The Morgan fingerprint density at radius 2 is 1.00 bits per heavy atom. The molecular formula is C33H37N. The largest absolute Gasteiger partial charge is 0.341 e. The summed E-state index contributed by atoms with van der Waals surface area (Å²) in [5.41, 5.74) is 15.0. The summed E-state index contributed by atoms with van der Waals surface area (Å²) in [7, 11) is 0. The molecule has 5 aromatic rings. The quantitative estimate of drug-likeness (QED) is 0.254. The molecule has 0 amide bonds. The van der Waals surface area contributed by atoms with Crippen molar-refractivity contribution in [2.45, 2.75) is 61.9 Å². The summed E-state index contributed by atoms with van der Waals surface area (Å²) >= 11 is 0. The van der Waals surface area contributed by atoms with Crippen LogP contribution in [0.4, 0.5) is 0 Å². The fourth-order valence-electron chi connectivity index (χ4n) is 4.91. The van der Waals surface area contributed by atoms with Crippen LogP contribution in [-0.2, 0) is 6.54 Å². The van der Waals surface area contributed by atoms with Crippen LogP contribution in [-0.4, -0.2) is 4.57 Å². The molecule has 5 rings (SSSR count). The van der Waals surface area contributed by atoms with Crippen molar-refractivity contribution < 1.29 is 0 Å². The van der Waals surface area contributed by atoms with Crippen LogP contribution in [0.15, 0.2) is 66.7 Å². The highest BCUT2D eigenvalue weighted by molar-refractivity contribution is 6.08. The molecule has 0 unspecified atom stereocenters. The summed E-state index contributed by atoms with van der Waals surface area (Å²) in [5.74, 6) is 0. The summed E-state index contributed by atoms with van der Waals surface area (Å²) in [5, 5.41) is 2.74. The number of hydrogen-bond acceptors (Lipinski definition) is 0. The van der Waals surface area contributed by atoms with Crippen molar-refractivity contribution in [2.75, 3.05) is 0 Å². The Hall–Kier alpha value is -3.32. The zero-order valence-corrected chi connectivity index (χ0v) is 22.0. The van der Waals surface area contributed by atoms with E-state index in [1.807, 2.05) is 0 Å². The van der Waals surface area contributed by atoms with Crippen LogP contribution in [0.3, 0.4) is 0 Å². The van der Waals surface area contributed by atoms with E-state index in [0.29, 0.717) is 0 Å². The zero-order valence-electron chi connectivity index (χ0n) is 22.0. The first kappa shape index (κ1) is 23.8. The average Bonchev–Trinajstić information content (AvgIpc) is 3.13. The lowest BCUT2D eigenvalue weighted by Gasteiger charge is -2.12. The molecule has 0 saturated carbocycles. The van der Waals surface area contributed by atoms with Gasteiger partial charge in [0.2, 0.25) is 0 Å². The average molecular weight is 448 g/mol. The molecular weight excluding hydrogens is 410 g/mol. The van der Waals surface area contributed by atoms with Crippen LogP contribution in [0.25, 0.3) is 32.9 Å². The van der Waals surface area contributed by atoms with Crippen molar-refractivity contribution in [2.24, 2.45) is 0 Å². The number of aryl methyl sites for hydroxylation is 6. The lowest BCUT2D eigenvalue weighted by molar-refractivity contribution is 0.827. The van der Waals surface area contributed by atoms with Crippen LogP contribution < -0.4 is 0 Å². The van der Waals surface area contributed by atoms with E-state index >= 15 is 0 Å². The number of nitrogens with zero attached hydrogens (tertiary/aromatic N) is 1. The summed E-state index contributed by atoms with van der Waals surface area (Å²) < 4.78 is 2.38. The number of hydrogen-bond donors (Lipinski definition) is 0. The third-order valence-electron chi connectivity index (χ3n) is 7.43. The van der Waals surface area contributed by atoms with E-state index in [0.717, 1.165) is 6.54 Å². The van der Waals surface area contributed by atoms with Crippen molar-refractivity contribution in [1.29, 1.82) is 0 Å². The van der Waals surface area contributed by atoms with Gasteiger partial charge in [-0.3, -0.25) is 0 Å². The number of fused-ring (bicyclic) bond motifs is 3. The summed E-state index contributed by atoms with van der Waals surface area (Å²) in [6, 6.07) is 24.5. The van der Waals surface area contributed by atoms with Gasteiger partial charge in [0.05, 0.1) is 0 Å². The summed E-state index contributed by atoms with van der Waals surface area (Å²) in [4.78, 5) is 0. The first-order valence-corrected chi connectivity index (χ1v) is 12.3. The lowest BCUT2D eigenvalue weighted by Crippen LogP contribution is -1.92. The smallest absolute Gasteiger partial charge is 0.0491 e. The Labute approximate surface area is 205 Å². The Morgan fingerprint density at radius 3 is 1.50 bits per heavy atom. The molecule has 0 saturated heterocycles. The minimum absolute atomic E-state index is 1.02. The minimum Gasteiger partial charge on any atom is -0.341 e. The van der Waals surface area contributed by atoms with Crippen molar-refractivity contribution in [3.05, 3.63) is 106 Å². The Morgan fingerprint density at radius 1 is 0.529 bits per heavy atom. The highest BCUT2D eigenvalue weighted by Crippen LogP contribution is 2.30. The van der Waals surface area contributed by atoms with Crippen LogP contribution in [0.1, 0.15) is 45.9 Å². The van der Waals surface area contributed by atoms with E-state index in [2.05, 4.69) is 127 Å². The maximum atomic E-state index is 2.38. The molecule has 174 valence electrons. The van der Waals surface area contributed by atoms with E-state index in [9.17, 15) is 0 Å². The molecule has 1 heterocycles. The van der Waals surface area contributed by atoms with Gasteiger partial charge in [0.1, 0.15) is 0 Å². The van der Waals surface area contributed by atoms with Gasteiger partial charge in [-0.05, 0) is 118 Å². The molecule has 0 N–H and O–H groups in total. The van der Waals surface area contributed by atoms with Crippen molar-refractivity contribution in [3.8, 4) is 11.1 Å². The van der Waals surface area contributed by atoms with Gasteiger partial charge in [-0.25, -0.2) is 0 Å². The molecule has 4 aromatic carbocycles. The molecule has 0 aliphatic carbocycles. The first-order valence-electron chi connectivity index (χ1n) is 12.3. The van der Waals surface area contributed by atoms with Gasteiger partial charge in [0, 0.05) is 28.4 Å². The van der Waals surface area contributed by atoms with Crippen LogP contribution in [0, 0.1) is 48.5 Å². The minimum atomic E-state index is 1.02. The monoisotopic (exact) mass is 447 g/mol. The van der Waals surface area contributed by atoms with Gasteiger partial charge < -0.3 is 4.57 Å². The van der Waals surface area contributed by atoms with Crippen LogP contribution in [0.5, 0.6) is 0 Å². The second-order valence-corrected chi connectivity index (χ2v) is 9.75. The number of rotatable bonds is 2. The predicted octanol–water partition coefficient (Wildman–Crippen LogP) is 9.33. The second-order valence-electron chi connectivity index (χ2n) is 9.75. The highest BCUT2D eigenvalue weighted by Gasteiger charge is 2.08. The third-order valence-corrected chi connectivity index (χ3v) is 7.43. The zero-order chi connectivity index (χ0) is 24.6. The molecule has 0 atom stereocenters. The standard InChI is InChI=1S/C18H22.C15H15N/c1-11-7-17(8-12(2)15(11)5)18-9-13(3)16(6)14(4)10-18;1-3-16-14-7-5-4-6-12(14)13-10-11(2)8-9-15(13)16/h7-10H,1-6H3;4-10H,3H2,1-2H3. The molecule has 0 bridgehead atoms. The molecule has 0 spiro atoms. The Bertz CT molecular complexity index is 1400. The molecule has 0 radical (unpaired) electrons. The van der Waals surface area contributed by atoms with Gasteiger partial charge >= 0.3 is 0 Å². The van der Waals surface area contributed by atoms with E-state index < -0.39 is 0 Å². The van der Waals surface area contributed by atoms with Gasteiger partial charge in [-0.2, -0.15) is 0 Å². The molecule has 34 heavy (non-hydrogen) atoms. The molecule has 1 nitrogen and oxygen atoms in total. The molecule has 0 fully saturated rings. The lowest BCUT2D eigenvalue weighted by atomic mass is 9.93. The SMILES string of the molecule is CCn1c2ccccc2c2cc(C)ccc21.Cc1cc(-c2cc(C)c(C)c(C)c2)cc(C)c1C. The summed E-state index contributed by atoms with van der Waals surface area (Å²) in [6.07, 6.45) is 0. The number of para-hydroxylation sites is 1. The van der Waals surface area contributed by atoms with Crippen LogP contribution in [0.2, 0.25) is 0 Å². The van der Waals surface area contributed by atoms with E-state index in [1.54, 1.807) is 0 Å². The number of benzene rings is 4. The second kappa shape index (κ2) is 9.50. The predicted molar refractivity (Wildman–Crippen MR) is 150 cm³/mol. The number of aromatic nitrogens is 1. The van der Waals surface area contributed by atoms with Gasteiger partial charge in [0.25, 0.3) is 0 Å². The molecule has 1 aromatic heterocycles. The normalized spacial score (nSPS) is 11.1. The Kier molecular flexibility index (Phi) is 6.66. The molecule has 0 aliphatic heterocycles. The van der Waals surface area contributed by atoms with Gasteiger partial charge in [-0.1, -0.05) is 54.1 Å². The maximum Gasteiger partial charge on any atom is 0.0491 e. The topological polar surface area (TPSA) is 4.93 Å². The third kappa shape index (κ3) is 4.40. The van der Waals surface area contributed by atoms with E-state index in [4.69, 9.17) is 0 Å². The van der Waals surface area contributed by atoms with Crippen molar-refractivity contribution >= 4 is 21.8 Å². The fraction of sp³-hybridized carbons (Fsp3) is 0.273. The molecule has 0 aliphatic rings. The van der Waals surface area contributed by atoms with Crippen molar-refractivity contribution in [1.82, 2.24) is 4.57 Å². The highest BCUT2D eigenvalue weighted by atomic mass is 15.0. The van der Waals surface area contributed by atoms with E-state index in [1.165, 1.54) is 71.9 Å². The summed E-state index contributed by atoms with van der Waals surface area (Å²) in [6.45, 7) is 18.5. The fourth-order valence-corrected chi connectivity index (χ4v) is 4.91. The van der Waals surface area contributed by atoms with Gasteiger partial charge in [0.15, 0.2) is 0 Å². The molecule has 1 heteroatoms.